The molecule has 0 unspecified atom stereocenters. The van der Waals surface area contributed by atoms with Crippen LogP contribution in [0.1, 0.15) is 17.3 Å². The van der Waals surface area contributed by atoms with Gasteiger partial charge in [0.1, 0.15) is 0 Å². The average Bonchev–Trinajstić information content (AvgIpc) is 2.78. The van der Waals surface area contributed by atoms with Gasteiger partial charge >= 0.3 is 0 Å². The van der Waals surface area contributed by atoms with Gasteiger partial charge in [0, 0.05) is 31.4 Å². The molecule has 1 amide bonds. The fourth-order valence-electron chi connectivity index (χ4n) is 1.69. The first-order chi connectivity index (χ1) is 9.10. The van der Waals surface area contributed by atoms with E-state index >= 15 is 0 Å². The third kappa shape index (κ3) is 3.04. The van der Waals surface area contributed by atoms with Gasteiger partial charge in [-0.3, -0.25) is 9.48 Å². The van der Waals surface area contributed by atoms with Crippen LogP contribution in [0.3, 0.4) is 0 Å². The van der Waals surface area contributed by atoms with Gasteiger partial charge in [0.05, 0.1) is 11.4 Å². The van der Waals surface area contributed by atoms with Crippen molar-refractivity contribution in [2.75, 3.05) is 17.6 Å². The summed E-state index contributed by atoms with van der Waals surface area (Å²) in [6, 6.07) is 6.95. The molecule has 0 fully saturated rings. The number of nitrogen functional groups attached to an aromatic ring is 1. The van der Waals surface area contributed by atoms with Crippen molar-refractivity contribution in [1.29, 1.82) is 0 Å². The third-order valence-corrected chi connectivity index (χ3v) is 2.63. The van der Waals surface area contributed by atoms with E-state index in [1.165, 1.54) is 0 Å². The Kier molecular flexibility index (Phi) is 3.70. The molecule has 0 aliphatic carbocycles. The zero-order chi connectivity index (χ0) is 13.8. The molecule has 0 saturated heterocycles. The van der Waals surface area contributed by atoms with Gasteiger partial charge in [-0.05, 0) is 25.1 Å². The van der Waals surface area contributed by atoms with E-state index in [1.54, 1.807) is 22.9 Å². The van der Waals surface area contributed by atoms with Crippen molar-refractivity contribution in [2.45, 2.75) is 6.92 Å². The first-order valence-electron chi connectivity index (χ1n) is 6.04. The second kappa shape index (κ2) is 5.43. The molecule has 2 aromatic rings. The molecule has 0 radical (unpaired) electrons. The minimum atomic E-state index is -0.119. The Labute approximate surface area is 111 Å². The average molecular weight is 259 g/mol. The zero-order valence-electron chi connectivity index (χ0n) is 11.0. The Morgan fingerprint density at radius 1 is 1.42 bits per heavy atom. The lowest BCUT2D eigenvalue weighted by Crippen LogP contribution is -2.22. The predicted molar refractivity (Wildman–Crippen MR) is 75.4 cm³/mol. The van der Waals surface area contributed by atoms with Crippen LogP contribution in [-0.2, 0) is 7.05 Å². The molecule has 19 heavy (non-hydrogen) atoms. The molecule has 0 saturated carbocycles. The Morgan fingerprint density at radius 3 is 2.84 bits per heavy atom. The number of nitrogens with two attached hydrogens (primary N) is 1. The number of nitrogens with zero attached hydrogens (tertiary/aromatic N) is 2. The van der Waals surface area contributed by atoms with Crippen molar-refractivity contribution in [3.05, 3.63) is 36.0 Å². The summed E-state index contributed by atoms with van der Waals surface area (Å²) in [4.78, 5) is 11.8. The second-order valence-electron chi connectivity index (χ2n) is 4.16. The molecule has 2 rings (SSSR count). The Hall–Kier alpha value is -2.50. The molecule has 0 bridgehead atoms. The van der Waals surface area contributed by atoms with E-state index in [2.05, 4.69) is 15.7 Å². The fraction of sp³-hybridized carbons (Fsp3) is 0.231. The van der Waals surface area contributed by atoms with Gasteiger partial charge in [-0.15, -0.1) is 0 Å². The van der Waals surface area contributed by atoms with Crippen LogP contribution in [0.5, 0.6) is 0 Å². The number of carbonyl (C=O) groups is 1. The molecule has 1 heterocycles. The monoisotopic (exact) mass is 259 g/mol. The summed E-state index contributed by atoms with van der Waals surface area (Å²) in [5, 5.41) is 10.1. The number of amides is 1. The zero-order valence-corrected chi connectivity index (χ0v) is 11.0. The van der Waals surface area contributed by atoms with Crippen LogP contribution in [-0.4, -0.2) is 22.2 Å². The number of hydrogen-bond acceptors (Lipinski definition) is 4. The van der Waals surface area contributed by atoms with Crippen LogP contribution in [0.15, 0.2) is 30.5 Å². The number of rotatable bonds is 4. The minimum Gasteiger partial charge on any atom is -0.397 e. The number of carbonyl (C=O) groups excluding carboxylic acids is 1. The highest BCUT2D eigenvalue weighted by atomic mass is 16.1. The molecule has 6 nitrogen and oxygen atoms in total. The van der Waals surface area contributed by atoms with Gasteiger partial charge in [-0.2, -0.15) is 5.10 Å². The number of aromatic nitrogens is 2. The minimum absolute atomic E-state index is 0.119. The maximum Gasteiger partial charge on any atom is 0.251 e. The molecular weight excluding hydrogens is 242 g/mol. The van der Waals surface area contributed by atoms with E-state index < -0.39 is 0 Å². The fourth-order valence-corrected chi connectivity index (χ4v) is 1.69. The van der Waals surface area contributed by atoms with Gasteiger partial charge < -0.3 is 16.4 Å². The summed E-state index contributed by atoms with van der Waals surface area (Å²) >= 11 is 0. The van der Waals surface area contributed by atoms with Crippen molar-refractivity contribution in [2.24, 2.45) is 7.05 Å². The molecule has 0 aliphatic rings. The smallest absolute Gasteiger partial charge is 0.251 e. The second-order valence-corrected chi connectivity index (χ2v) is 4.16. The van der Waals surface area contributed by atoms with E-state index in [0.29, 0.717) is 29.3 Å². The lowest BCUT2D eigenvalue weighted by atomic mass is 10.1. The van der Waals surface area contributed by atoms with Gasteiger partial charge in [0.25, 0.3) is 5.91 Å². The van der Waals surface area contributed by atoms with Crippen molar-refractivity contribution in [1.82, 2.24) is 15.1 Å². The van der Waals surface area contributed by atoms with Crippen molar-refractivity contribution in [3.8, 4) is 0 Å². The summed E-state index contributed by atoms with van der Waals surface area (Å²) < 4.78 is 1.69. The highest BCUT2D eigenvalue weighted by Crippen LogP contribution is 2.23. The van der Waals surface area contributed by atoms with E-state index in [-0.39, 0.29) is 5.91 Å². The van der Waals surface area contributed by atoms with Crippen LogP contribution in [0.4, 0.5) is 17.2 Å². The van der Waals surface area contributed by atoms with Crippen LogP contribution in [0.25, 0.3) is 0 Å². The lowest BCUT2D eigenvalue weighted by molar-refractivity contribution is 0.0956. The third-order valence-electron chi connectivity index (χ3n) is 2.63. The van der Waals surface area contributed by atoms with Crippen LogP contribution in [0, 0.1) is 0 Å². The molecule has 1 aromatic carbocycles. The number of aryl methyl sites for hydroxylation is 1. The molecule has 1 aromatic heterocycles. The number of nitrogens with one attached hydrogen (secondary N) is 2. The Balaban J connectivity index is 2.24. The SMILES string of the molecule is CCNC(=O)c1ccc(N)c(Nc2ccn(C)n2)c1. The largest absolute Gasteiger partial charge is 0.397 e. The topological polar surface area (TPSA) is 85.0 Å². The summed E-state index contributed by atoms with van der Waals surface area (Å²) in [6.45, 7) is 2.47. The summed E-state index contributed by atoms with van der Waals surface area (Å²) in [6.07, 6.45) is 1.83. The predicted octanol–water partition coefficient (Wildman–Crippen LogP) is 1.50. The summed E-state index contributed by atoms with van der Waals surface area (Å²) in [7, 11) is 1.83. The summed E-state index contributed by atoms with van der Waals surface area (Å²) in [5.74, 6) is 0.564. The molecule has 0 spiro atoms. The number of anilines is 3. The van der Waals surface area contributed by atoms with Gasteiger partial charge in [0.2, 0.25) is 0 Å². The lowest BCUT2D eigenvalue weighted by Gasteiger charge is -2.09. The molecule has 4 N–H and O–H groups in total. The molecule has 0 aliphatic heterocycles. The maximum atomic E-state index is 11.8. The van der Waals surface area contributed by atoms with Crippen LogP contribution >= 0.6 is 0 Å². The molecule has 6 heteroatoms. The highest BCUT2D eigenvalue weighted by molar-refractivity contribution is 5.96. The van der Waals surface area contributed by atoms with Crippen molar-refractivity contribution < 1.29 is 4.79 Å². The Morgan fingerprint density at radius 2 is 2.21 bits per heavy atom. The quantitative estimate of drug-likeness (QED) is 0.726. The standard InChI is InChI=1S/C13H17N5O/c1-3-15-13(19)9-4-5-10(14)11(8-9)16-12-6-7-18(2)17-12/h4-8H,3,14H2,1-2H3,(H,15,19)(H,16,17). The van der Waals surface area contributed by atoms with Gasteiger partial charge in [-0.1, -0.05) is 0 Å². The number of benzene rings is 1. The van der Waals surface area contributed by atoms with Gasteiger partial charge in [-0.25, -0.2) is 0 Å². The van der Waals surface area contributed by atoms with E-state index in [4.69, 9.17) is 5.73 Å². The normalized spacial score (nSPS) is 10.2. The number of hydrogen-bond donors (Lipinski definition) is 3. The van der Waals surface area contributed by atoms with Crippen molar-refractivity contribution in [3.63, 3.8) is 0 Å². The summed E-state index contributed by atoms with van der Waals surface area (Å²) in [5.41, 5.74) is 7.69. The van der Waals surface area contributed by atoms with Crippen LogP contribution < -0.4 is 16.4 Å². The van der Waals surface area contributed by atoms with E-state index in [0.717, 1.165) is 0 Å². The molecule has 0 atom stereocenters. The first kappa shape index (κ1) is 12.9. The first-order valence-corrected chi connectivity index (χ1v) is 6.04. The molecular formula is C13H17N5O. The van der Waals surface area contributed by atoms with Gasteiger partial charge in [0.15, 0.2) is 5.82 Å². The van der Waals surface area contributed by atoms with Crippen LogP contribution in [0.2, 0.25) is 0 Å². The molecule has 100 valence electrons. The van der Waals surface area contributed by atoms with Crippen molar-refractivity contribution >= 4 is 23.1 Å². The maximum absolute atomic E-state index is 11.8. The van der Waals surface area contributed by atoms with E-state index in [9.17, 15) is 4.79 Å². The Bertz CT molecular complexity index is 590. The van der Waals surface area contributed by atoms with E-state index in [1.807, 2.05) is 26.2 Å². The highest BCUT2D eigenvalue weighted by Gasteiger charge is 2.08.